The Morgan fingerprint density at radius 3 is 2.76 bits per heavy atom. The van der Waals surface area contributed by atoms with Crippen molar-refractivity contribution in [3.05, 3.63) is 62.9 Å². The zero-order valence-electron chi connectivity index (χ0n) is 13.1. The van der Waals surface area contributed by atoms with Crippen LogP contribution in [0.25, 0.3) is 0 Å². The van der Waals surface area contributed by atoms with E-state index in [0.29, 0.717) is 23.1 Å². The van der Waals surface area contributed by atoms with Crippen LogP contribution >= 0.6 is 0 Å². The number of carbonyl (C=O) groups is 2. The number of rotatable bonds is 3. The van der Waals surface area contributed by atoms with Gasteiger partial charge in [-0.1, -0.05) is 6.07 Å². The van der Waals surface area contributed by atoms with Gasteiger partial charge in [0.2, 0.25) is 0 Å². The summed E-state index contributed by atoms with van der Waals surface area (Å²) in [6, 6.07) is 4.57. The molecule has 0 spiro atoms. The van der Waals surface area contributed by atoms with Crippen LogP contribution < -0.4 is 0 Å². The van der Waals surface area contributed by atoms with E-state index in [9.17, 15) is 19.7 Å². The fraction of sp³-hybridized carbons (Fsp3) is 0.294. The molecule has 0 N–H and O–H groups in total. The molecule has 8 heteroatoms. The lowest BCUT2D eigenvalue weighted by molar-refractivity contribution is -0.385. The molecule has 1 aliphatic carbocycles. The van der Waals surface area contributed by atoms with Crippen LogP contribution in [0.1, 0.15) is 24.2 Å². The smallest absolute Gasteiger partial charge is 0.338 e. The third kappa shape index (κ3) is 2.46. The van der Waals surface area contributed by atoms with Crippen molar-refractivity contribution in [2.75, 3.05) is 0 Å². The van der Waals surface area contributed by atoms with Gasteiger partial charge in [0.25, 0.3) is 12.0 Å². The largest absolute Gasteiger partial charge is 0.458 e. The molecule has 0 bridgehead atoms. The van der Waals surface area contributed by atoms with Gasteiger partial charge in [0.15, 0.2) is 0 Å². The molecular weight excluding hydrogens is 330 g/mol. The van der Waals surface area contributed by atoms with Crippen molar-refractivity contribution in [3.63, 3.8) is 0 Å². The molecule has 128 valence electrons. The maximum atomic E-state index is 12.1. The molecule has 2 aliphatic heterocycles. The van der Waals surface area contributed by atoms with E-state index in [1.165, 1.54) is 24.5 Å². The topological polar surface area (TPSA) is 105 Å². The van der Waals surface area contributed by atoms with Crippen LogP contribution in [0, 0.1) is 16.0 Å². The van der Waals surface area contributed by atoms with Gasteiger partial charge < -0.3 is 14.2 Å². The van der Waals surface area contributed by atoms with Gasteiger partial charge >= 0.3 is 11.9 Å². The lowest BCUT2D eigenvalue weighted by Gasteiger charge is -2.09. The summed E-state index contributed by atoms with van der Waals surface area (Å²) in [5, 5.41) is 10.9. The molecule has 4 rings (SSSR count). The number of nitro groups is 1. The summed E-state index contributed by atoms with van der Waals surface area (Å²) >= 11 is 0. The molecule has 1 saturated heterocycles. The highest BCUT2D eigenvalue weighted by Crippen LogP contribution is 2.48. The van der Waals surface area contributed by atoms with Gasteiger partial charge in [0.05, 0.1) is 16.8 Å². The summed E-state index contributed by atoms with van der Waals surface area (Å²) in [5.74, 6) is -1.26. The second kappa shape index (κ2) is 5.44. The summed E-state index contributed by atoms with van der Waals surface area (Å²) in [7, 11) is 0. The Morgan fingerprint density at radius 2 is 2.08 bits per heavy atom. The van der Waals surface area contributed by atoms with E-state index in [4.69, 9.17) is 14.2 Å². The molecule has 25 heavy (non-hydrogen) atoms. The van der Waals surface area contributed by atoms with Crippen LogP contribution in [0.4, 0.5) is 5.69 Å². The molecule has 0 radical (unpaired) electrons. The van der Waals surface area contributed by atoms with Crippen molar-refractivity contribution in [2.45, 2.75) is 25.7 Å². The Morgan fingerprint density at radius 1 is 1.28 bits per heavy atom. The average Bonchev–Trinajstić information content (AvgIpc) is 3.17. The molecule has 1 fully saturated rings. The lowest BCUT2D eigenvalue weighted by Crippen LogP contribution is -2.11. The van der Waals surface area contributed by atoms with Crippen LogP contribution in [-0.4, -0.2) is 23.2 Å². The summed E-state index contributed by atoms with van der Waals surface area (Å²) in [6.07, 6.45) is 1.89. The Balaban J connectivity index is 1.57. The van der Waals surface area contributed by atoms with Crippen molar-refractivity contribution in [1.29, 1.82) is 0 Å². The van der Waals surface area contributed by atoms with Crippen molar-refractivity contribution in [2.24, 2.45) is 5.92 Å². The van der Waals surface area contributed by atoms with Crippen LogP contribution in [-0.2, 0) is 30.2 Å². The second-order valence-electron chi connectivity index (χ2n) is 6.11. The highest BCUT2D eigenvalue weighted by Gasteiger charge is 2.47. The predicted octanol–water partition coefficient (Wildman–Crippen LogP) is 2.09. The van der Waals surface area contributed by atoms with E-state index in [0.717, 1.165) is 5.56 Å². The standard InChI is InChI=1S/C17H13NO7/c1-8-4-14(24-16(8)19)23-7-13-12-5-9-2-3-10(18(21)22)6-11(9)15(12)25-17(13)20/h2-4,6-7,12,14-15H,5H2,1H3/b13-7+. The minimum Gasteiger partial charge on any atom is -0.458 e. The number of carbonyl (C=O) groups excluding carboxylic acids is 2. The maximum absolute atomic E-state index is 12.1. The molecule has 3 unspecified atom stereocenters. The quantitative estimate of drug-likeness (QED) is 0.272. The number of ether oxygens (including phenoxy) is 3. The van der Waals surface area contributed by atoms with E-state index in [1.807, 2.05) is 0 Å². The Labute approximate surface area is 141 Å². The summed E-state index contributed by atoms with van der Waals surface area (Å²) in [4.78, 5) is 33.9. The van der Waals surface area contributed by atoms with Gasteiger partial charge in [-0.05, 0) is 18.9 Å². The van der Waals surface area contributed by atoms with Crippen LogP contribution in [0.3, 0.4) is 0 Å². The molecule has 0 saturated carbocycles. The number of fused-ring (bicyclic) bond motifs is 3. The molecule has 0 aromatic heterocycles. The number of non-ortho nitro benzene ring substituents is 1. The summed E-state index contributed by atoms with van der Waals surface area (Å²) in [5.41, 5.74) is 2.29. The molecule has 0 amide bonds. The van der Waals surface area contributed by atoms with Gasteiger partial charge in [-0.3, -0.25) is 10.1 Å². The third-order valence-electron chi connectivity index (χ3n) is 4.58. The molecule has 8 nitrogen and oxygen atoms in total. The van der Waals surface area contributed by atoms with E-state index in [-0.39, 0.29) is 11.6 Å². The number of hydrogen-bond acceptors (Lipinski definition) is 7. The van der Waals surface area contributed by atoms with E-state index in [1.54, 1.807) is 13.0 Å². The Kier molecular flexibility index (Phi) is 3.34. The van der Waals surface area contributed by atoms with Crippen molar-refractivity contribution < 1.29 is 28.7 Å². The zero-order valence-corrected chi connectivity index (χ0v) is 13.1. The normalized spacial score (nSPS) is 28.3. The first-order valence-corrected chi connectivity index (χ1v) is 7.67. The minimum atomic E-state index is -0.864. The molecular formula is C17H13NO7. The number of hydrogen-bond donors (Lipinski definition) is 0. The zero-order chi connectivity index (χ0) is 17.7. The van der Waals surface area contributed by atoms with Crippen molar-refractivity contribution in [1.82, 2.24) is 0 Å². The van der Waals surface area contributed by atoms with Gasteiger partial charge in [0, 0.05) is 35.3 Å². The number of esters is 2. The average molecular weight is 343 g/mol. The van der Waals surface area contributed by atoms with Crippen LogP contribution in [0.5, 0.6) is 0 Å². The van der Waals surface area contributed by atoms with Gasteiger partial charge in [0.1, 0.15) is 6.10 Å². The predicted molar refractivity (Wildman–Crippen MR) is 81.9 cm³/mol. The minimum absolute atomic E-state index is 0.0393. The monoisotopic (exact) mass is 343 g/mol. The summed E-state index contributed by atoms with van der Waals surface area (Å²) in [6.45, 7) is 1.61. The van der Waals surface area contributed by atoms with E-state index in [2.05, 4.69) is 0 Å². The fourth-order valence-electron chi connectivity index (χ4n) is 3.31. The van der Waals surface area contributed by atoms with Crippen LogP contribution in [0.15, 0.2) is 41.7 Å². The van der Waals surface area contributed by atoms with Gasteiger partial charge in [-0.2, -0.15) is 0 Å². The van der Waals surface area contributed by atoms with Crippen molar-refractivity contribution >= 4 is 17.6 Å². The maximum Gasteiger partial charge on any atom is 0.338 e. The van der Waals surface area contributed by atoms with Gasteiger partial charge in [-0.25, -0.2) is 9.59 Å². The second-order valence-corrected chi connectivity index (χ2v) is 6.11. The fourth-order valence-corrected chi connectivity index (χ4v) is 3.31. The third-order valence-corrected chi connectivity index (χ3v) is 4.58. The molecule has 3 aliphatic rings. The van der Waals surface area contributed by atoms with E-state index < -0.39 is 29.3 Å². The first-order valence-electron chi connectivity index (χ1n) is 7.67. The highest BCUT2D eigenvalue weighted by atomic mass is 16.7. The number of nitrogens with zero attached hydrogens (tertiary/aromatic N) is 1. The lowest BCUT2D eigenvalue weighted by atomic mass is 9.98. The molecule has 1 aromatic rings. The number of nitro benzene ring substituents is 1. The highest BCUT2D eigenvalue weighted by molar-refractivity contribution is 5.92. The number of benzene rings is 1. The summed E-state index contributed by atoms with van der Waals surface area (Å²) < 4.78 is 15.7. The first kappa shape index (κ1) is 15.4. The SMILES string of the molecule is CC1=CC(O/C=C2/C(=O)OC3c4cc([N+](=O)[O-])ccc4CC23)OC1=O. The first-order chi connectivity index (χ1) is 11.9. The van der Waals surface area contributed by atoms with Crippen molar-refractivity contribution in [3.8, 4) is 0 Å². The molecule has 2 heterocycles. The van der Waals surface area contributed by atoms with E-state index >= 15 is 0 Å². The molecule has 3 atom stereocenters. The molecule has 1 aromatic carbocycles. The Bertz CT molecular complexity index is 870. The van der Waals surface area contributed by atoms with Crippen LogP contribution in [0.2, 0.25) is 0 Å². The van der Waals surface area contributed by atoms with Gasteiger partial charge in [-0.15, -0.1) is 0 Å². The Hall–Kier alpha value is -3.16. The number of cyclic esters (lactones) is 1.